The summed E-state index contributed by atoms with van der Waals surface area (Å²) in [6, 6.07) is 13.0. The fourth-order valence-corrected chi connectivity index (χ4v) is 13.2. The highest BCUT2D eigenvalue weighted by Crippen LogP contribution is 2.62. The standard InChI is InChI=1S/C22H26O6.C19H32O2.C14H26O2.C12H16O3.8CH4/c1-4-22(2,3)21(25)26-11-12-5-7-13(8-6-12)19(23)27-17-14-9-15-16(10-14)20(24)28-18(15)17;1-6-18(4,5)17(20)21-19(12(2)3)15-8-13-7-14(10-15)11-16(19)9-13;1-6-13(4,5)12(15)16-14(11(2)3)9-7-8-10-14;1-4-12(2,3)11(14)15-10-7-5-9(13)6-8-10;;;;;;;;/h5-8,14-18H,4,9-11H2,1-3H3;12-16H,6-11H2,1-5H3;11H,6-10H2,1-5H3;5-8,13H,4H2,1-3H3;8*1H4. The molecule has 8 fully saturated rings. The van der Waals surface area contributed by atoms with Gasteiger partial charge in [-0.3, -0.25) is 24.0 Å². The predicted octanol–water partition coefficient (Wildman–Crippen LogP) is 19.8. The third-order valence-electron chi connectivity index (χ3n) is 20.4. The second-order valence-corrected chi connectivity index (χ2v) is 27.9. The molecule has 13 nitrogen and oxygen atoms in total. The van der Waals surface area contributed by atoms with Gasteiger partial charge in [0.2, 0.25) is 0 Å². The van der Waals surface area contributed by atoms with Gasteiger partial charge in [-0.1, -0.05) is 127 Å². The molecular weight excluding hydrogens is 1110 g/mol. The third kappa shape index (κ3) is 19.5. The Bertz CT molecular complexity index is 2430. The van der Waals surface area contributed by atoms with Crippen LogP contribution < -0.4 is 4.74 Å². The van der Waals surface area contributed by atoms with E-state index in [2.05, 4.69) is 34.6 Å². The molecule has 0 spiro atoms. The number of carbonyl (C=O) groups excluding carboxylic acids is 6. The number of carbonyl (C=O) groups is 6. The number of hydrogen-bond donors (Lipinski definition) is 1. The molecule has 1 saturated heterocycles. The number of rotatable bonds is 17. The molecule has 0 radical (unpaired) electrons. The minimum absolute atomic E-state index is 0. The van der Waals surface area contributed by atoms with Gasteiger partial charge in [-0.05, 0) is 229 Å². The van der Waals surface area contributed by atoms with Crippen molar-refractivity contribution in [2.24, 2.45) is 74.9 Å². The van der Waals surface area contributed by atoms with E-state index in [1.54, 1.807) is 36.4 Å². The summed E-state index contributed by atoms with van der Waals surface area (Å²) in [5.74, 6) is 3.94. The number of benzene rings is 2. The number of phenolic OH excluding ortho intramolecular Hbond substituents is 1. The summed E-state index contributed by atoms with van der Waals surface area (Å²) < 4.78 is 33.9. The first-order valence-corrected chi connectivity index (χ1v) is 30.5. The van der Waals surface area contributed by atoms with Crippen molar-refractivity contribution in [1.82, 2.24) is 0 Å². The van der Waals surface area contributed by atoms with Crippen LogP contribution in [0.25, 0.3) is 0 Å². The van der Waals surface area contributed by atoms with Crippen LogP contribution in [0.5, 0.6) is 11.5 Å². The van der Waals surface area contributed by atoms with Crippen LogP contribution >= 0.6 is 0 Å². The van der Waals surface area contributed by atoms with Crippen LogP contribution in [0.3, 0.4) is 0 Å². The molecule has 88 heavy (non-hydrogen) atoms. The lowest BCUT2D eigenvalue weighted by atomic mass is 9.47. The molecule has 0 aromatic heterocycles. The second-order valence-electron chi connectivity index (χ2n) is 27.9. The van der Waals surface area contributed by atoms with Crippen molar-refractivity contribution >= 4 is 35.8 Å². The molecule has 6 bridgehead atoms. The van der Waals surface area contributed by atoms with Gasteiger partial charge in [0.05, 0.1) is 33.1 Å². The lowest BCUT2D eigenvalue weighted by molar-refractivity contribution is -0.231. The van der Waals surface area contributed by atoms with Crippen molar-refractivity contribution in [3.63, 3.8) is 0 Å². The SMILES string of the molecule is C.C.C.C.C.C.C.C.CCC(C)(C)C(=O)OC1(C(C)C)C2CC3CC(C2)CC1C3.CCC(C)(C)C(=O)OC1(C(C)C)CCCC1.CCC(C)(C)C(=O)OCc1ccc(C(=O)OC2C3CC4C(=O)OC2C4C3)cc1.CCC(C)(C)C(=O)Oc1ccc(O)cc1. The molecule has 1 heterocycles. The minimum Gasteiger partial charge on any atom is -0.508 e. The van der Waals surface area contributed by atoms with E-state index in [9.17, 15) is 28.8 Å². The van der Waals surface area contributed by atoms with E-state index in [0.717, 1.165) is 62.3 Å². The Hall–Kier alpha value is -4.94. The first-order valence-electron chi connectivity index (χ1n) is 30.5. The van der Waals surface area contributed by atoms with Crippen LogP contribution in [0.4, 0.5) is 0 Å². The lowest BCUT2D eigenvalue weighted by Crippen LogP contribution is -2.63. The highest BCUT2D eigenvalue weighted by atomic mass is 16.6. The monoisotopic (exact) mass is 1240 g/mol. The summed E-state index contributed by atoms with van der Waals surface area (Å²) in [5, 5.41) is 9.06. The maximum absolute atomic E-state index is 12.8. The zero-order chi connectivity index (χ0) is 59.3. The van der Waals surface area contributed by atoms with E-state index in [0.29, 0.717) is 41.4 Å². The van der Waals surface area contributed by atoms with Gasteiger partial charge in [0.15, 0.2) is 0 Å². The minimum atomic E-state index is -0.507. The smallest absolute Gasteiger partial charge is 0.338 e. The molecule has 5 atom stereocenters. The Balaban J connectivity index is -0.00000109. The van der Waals surface area contributed by atoms with Crippen molar-refractivity contribution in [3.8, 4) is 11.5 Å². The van der Waals surface area contributed by atoms with Crippen LogP contribution in [-0.4, -0.2) is 64.3 Å². The normalized spacial score (nSPS) is 25.1. The largest absolute Gasteiger partial charge is 0.508 e. The Morgan fingerprint density at radius 2 is 1.01 bits per heavy atom. The molecule has 0 amide bonds. The molecular formula is C75H132O13. The molecule has 7 aliphatic carbocycles. The number of phenols is 1. The maximum atomic E-state index is 12.8. The van der Waals surface area contributed by atoms with Gasteiger partial charge in [-0.25, -0.2) is 4.79 Å². The number of hydrogen-bond acceptors (Lipinski definition) is 13. The van der Waals surface area contributed by atoms with Crippen LogP contribution in [0.2, 0.25) is 0 Å². The first kappa shape index (κ1) is 87.3. The van der Waals surface area contributed by atoms with Gasteiger partial charge in [0.25, 0.3) is 0 Å². The predicted molar refractivity (Wildman–Crippen MR) is 362 cm³/mol. The molecule has 2 aromatic carbocycles. The second kappa shape index (κ2) is 35.0. The average molecular weight is 1240 g/mol. The van der Waals surface area contributed by atoms with Gasteiger partial charge in [-0.2, -0.15) is 0 Å². The summed E-state index contributed by atoms with van der Waals surface area (Å²) in [7, 11) is 0. The fourth-order valence-electron chi connectivity index (χ4n) is 13.2. The lowest BCUT2D eigenvalue weighted by Gasteiger charge is -2.62. The van der Waals surface area contributed by atoms with Crippen molar-refractivity contribution in [2.45, 2.75) is 297 Å². The molecule has 510 valence electrons. The molecule has 1 aliphatic heterocycles. The first-order chi connectivity index (χ1) is 37.4. The van der Waals surface area contributed by atoms with Crippen LogP contribution in [0.15, 0.2) is 48.5 Å². The zero-order valence-corrected chi connectivity index (χ0v) is 51.6. The number of ether oxygens (including phenoxy) is 6. The Morgan fingerprint density at radius 3 is 1.45 bits per heavy atom. The van der Waals surface area contributed by atoms with Crippen molar-refractivity contribution < 1.29 is 62.3 Å². The quantitative estimate of drug-likeness (QED) is 0.0899. The Morgan fingerprint density at radius 1 is 0.568 bits per heavy atom. The van der Waals surface area contributed by atoms with E-state index in [1.165, 1.54) is 57.1 Å². The van der Waals surface area contributed by atoms with E-state index < -0.39 is 16.8 Å². The molecule has 5 unspecified atom stereocenters. The van der Waals surface area contributed by atoms with E-state index >= 15 is 0 Å². The number of esters is 6. The van der Waals surface area contributed by atoms with Gasteiger partial charge in [0.1, 0.15) is 41.5 Å². The summed E-state index contributed by atoms with van der Waals surface area (Å²) in [6.45, 7) is 32.4. The average Bonchev–Trinajstić information content (AvgIpc) is 1.05. The zero-order valence-electron chi connectivity index (χ0n) is 51.6. The molecule has 7 saturated carbocycles. The highest BCUT2D eigenvalue weighted by Gasteiger charge is 2.64. The maximum Gasteiger partial charge on any atom is 0.338 e. The topological polar surface area (TPSA) is 178 Å². The molecule has 10 rings (SSSR count). The highest BCUT2D eigenvalue weighted by molar-refractivity contribution is 5.90. The summed E-state index contributed by atoms with van der Waals surface area (Å²) in [4.78, 5) is 73.0. The van der Waals surface area contributed by atoms with Gasteiger partial charge >= 0.3 is 35.8 Å². The Labute approximate surface area is 538 Å². The van der Waals surface area contributed by atoms with Gasteiger partial charge in [0, 0.05) is 11.8 Å². The van der Waals surface area contributed by atoms with Gasteiger partial charge in [-0.15, -0.1) is 0 Å². The molecule has 2 aromatic rings. The van der Waals surface area contributed by atoms with Crippen molar-refractivity contribution in [3.05, 3.63) is 59.7 Å². The molecule has 8 aliphatic rings. The summed E-state index contributed by atoms with van der Waals surface area (Å²) >= 11 is 0. The van der Waals surface area contributed by atoms with Crippen LogP contribution in [0, 0.1) is 74.9 Å². The number of fused-ring (bicyclic) bond motifs is 1. The van der Waals surface area contributed by atoms with Crippen molar-refractivity contribution in [2.75, 3.05) is 0 Å². The summed E-state index contributed by atoms with van der Waals surface area (Å²) in [5.41, 5.74) is -0.774. The van der Waals surface area contributed by atoms with Gasteiger partial charge < -0.3 is 33.5 Å². The molecule has 13 heteroatoms. The van der Waals surface area contributed by atoms with E-state index in [-0.39, 0.29) is 154 Å². The van der Waals surface area contributed by atoms with E-state index in [4.69, 9.17) is 33.5 Å². The van der Waals surface area contributed by atoms with Crippen LogP contribution in [-0.2, 0) is 54.3 Å². The van der Waals surface area contributed by atoms with E-state index in [1.807, 2.05) is 76.2 Å². The molecule has 1 N–H and O–H groups in total. The van der Waals surface area contributed by atoms with Crippen LogP contribution in [0.1, 0.15) is 282 Å². The fraction of sp³-hybridized carbons (Fsp3) is 0.760. The Kier molecular flexibility index (Phi) is 34.7. The van der Waals surface area contributed by atoms with Crippen molar-refractivity contribution in [1.29, 1.82) is 0 Å². The number of aromatic hydroxyl groups is 1. The third-order valence-corrected chi connectivity index (χ3v) is 20.4. The summed E-state index contributed by atoms with van der Waals surface area (Å²) in [6.07, 6.45) is 15.2.